The van der Waals surface area contributed by atoms with E-state index in [0.717, 1.165) is 16.4 Å². The number of amides is 1. The number of nitrogens with zero attached hydrogens (tertiary/aromatic N) is 3. The predicted octanol–water partition coefficient (Wildman–Crippen LogP) is 0.312. The molecule has 1 rings (SSSR count). The van der Waals surface area contributed by atoms with Crippen LogP contribution in [0.2, 0.25) is 0 Å². The standard InChI is InChI=1S/C12H17N3O6S/c1-13(2)12(16)8-14(3)22(19,20)11-7-9(15(17)18)5-6-10(11)21-4/h5-7H,8H2,1-4H3. The molecule has 1 aromatic carbocycles. The zero-order valence-corrected chi connectivity index (χ0v) is 13.5. The Labute approximate surface area is 128 Å². The molecule has 0 saturated carbocycles. The van der Waals surface area contributed by atoms with Crippen molar-refractivity contribution in [3.8, 4) is 5.75 Å². The number of sulfonamides is 1. The van der Waals surface area contributed by atoms with E-state index in [1.54, 1.807) is 0 Å². The van der Waals surface area contributed by atoms with Gasteiger partial charge in [0.05, 0.1) is 18.6 Å². The Kier molecular flexibility index (Phi) is 5.44. The van der Waals surface area contributed by atoms with E-state index in [1.165, 1.54) is 39.2 Å². The number of nitro groups is 1. The second kappa shape index (κ2) is 6.71. The molecule has 22 heavy (non-hydrogen) atoms. The predicted molar refractivity (Wildman–Crippen MR) is 78.2 cm³/mol. The van der Waals surface area contributed by atoms with Crippen molar-refractivity contribution < 1.29 is 22.9 Å². The van der Waals surface area contributed by atoms with E-state index >= 15 is 0 Å². The van der Waals surface area contributed by atoms with E-state index in [4.69, 9.17) is 4.74 Å². The first-order valence-corrected chi connectivity index (χ1v) is 7.54. The van der Waals surface area contributed by atoms with Crippen LogP contribution in [-0.4, -0.2) is 63.3 Å². The molecule has 1 aromatic rings. The van der Waals surface area contributed by atoms with Crippen molar-refractivity contribution in [1.82, 2.24) is 9.21 Å². The average Bonchev–Trinajstić information content (AvgIpc) is 2.45. The quantitative estimate of drug-likeness (QED) is 0.548. The summed E-state index contributed by atoms with van der Waals surface area (Å²) in [7, 11) is 1.36. The maximum Gasteiger partial charge on any atom is 0.271 e. The van der Waals surface area contributed by atoms with Gasteiger partial charge in [0.15, 0.2) is 0 Å². The SMILES string of the molecule is COc1ccc([N+](=O)[O-])cc1S(=O)(=O)N(C)CC(=O)N(C)C. The number of benzene rings is 1. The molecule has 9 nitrogen and oxygen atoms in total. The van der Waals surface area contributed by atoms with Crippen LogP contribution in [0.1, 0.15) is 0 Å². The fourth-order valence-electron chi connectivity index (χ4n) is 1.57. The largest absolute Gasteiger partial charge is 0.495 e. The van der Waals surface area contributed by atoms with Crippen LogP contribution in [0.25, 0.3) is 0 Å². The second-order valence-corrected chi connectivity index (χ2v) is 6.65. The fraction of sp³-hybridized carbons (Fsp3) is 0.417. The maximum atomic E-state index is 12.5. The Bertz CT molecular complexity index is 686. The Morgan fingerprint density at radius 1 is 1.32 bits per heavy atom. The summed E-state index contributed by atoms with van der Waals surface area (Å²) in [5, 5.41) is 10.8. The molecule has 0 aliphatic carbocycles. The van der Waals surface area contributed by atoms with Gasteiger partial charge in [0.2, 0.25) is 15.9 Å². The van der Waals surface area contributed by atoms with Crippen LogP contribution in [0.15, 0.2) is 23.1 Å². The second-order valence-electron chi connectivity index (χ2n) is 4.64. The van der Waals surface area contributed by atoms with Gasteiger partial charge in [0.25, 0.3) is 5.69 Å². The summed E-state index contributed by atoms with van der Waals surface area (Å²) in [6, 6.07) is 3.25. The van der Waals surface area contributed by atoms with Crippen LogP contribution in [-0.2, 0) is 14.8 Å². The van der Waals surface area contributed by atoms with Gasteiger partial charge in [0.1, 0.15) is 10.6 Å². The van der Waals surface area contributed by atoms with Crippen molar-refractivity contribution in [3.63, 3.8) is 0 Å². The third-order valence-corrected chi connectivity index (χ3v) is 4.73. The summed E-state index contributed by atoms with van der Waals surface area (Å²) in [5.74, 6) is -0.453. The first-order chi connectivity index (χ1) is 10.1. The van der Waals surface area contributed by atoms with Crippen LogP contribution in [0.3, 0.4) is 0 Å². The van der Waals surface area contributed by atoms with Crippen molar-refractivity contribution in [2.45, 2.75) is 4.90 Å². The molecule has 0 heterocycles. The smallest absolute Gasteiger partial charge is 0.271 e. The summed E-state index contributed by atoms with van der Waals surface area (Å²) < 4.78 is 30.8. The van der Waals surface area contributed by atoms with Gasteiger partial charge >= 0.3 is 0 Å². The summed E-state index contributed by atoms with van der Waals surface area (Å²) in [6.45, 7) is -0.388. The highest BCUT2D eigenvalue weighted by atomic mass is 32.2. The summed E-state index contributed by atoms with van der Waals surface area (Å²) in [5.41, 5.74) is -0.383. The summed E-state index contributed by atoms with van der Waals surface area (Å²) in [4.78, 5) is 22.6. The molecule has 122 valence electrons. The Morgan fingerprint density at radius 3 is 2.36 bits per heavy atom. The van der Waals surface area contributed by atoms with Gasteiger partial charge in [-0.2, -0.15) is 4.31 Å². The zero-order chi connectivity index (χ0) is 17.1. The highest BCUT2D eigenvalue weighted by molar-refractivity contribution is 7.89. The molecule has 0 atom stereocenters. The van der Waals surface area contributed by atoms with Crippen LogP contribution in [0.5, 0.6) is 5.75 Å². The lowest BCUT2D eigenvalue weighted by Gasteiger charge is -2.20. The number of methoxy groups -OCH3 is 1. The third-order valence-electron chi connectivity index (χ3n) is 2.90. The topological polar surface area (TPSA) is 110 Å². The first-order valence-electron chi connectivity index (χ1n) is 6.10. The lowest BCUT2D eigenvalue weighted by Crippen LogP contribution is -2.37. The molecule has 0 saturated heterocycles. The van der Waals surface area contributed by atoms with Gasteiger partial charge in [0, 0.05) is 33.3 Å². The number of non-ortho nitro benzene ring substituents is 1. The number of nitro benzene ring substituents is 1. The van der Waals surface area contributed by atoms with Gasteiger partial charge in [-0.1, -0.05) is 0 Å². The highest BCUT2D eigenvalue weighted by Crippen LogP contribution is 2.30. The van der Waals surface area contributed by atoms with Gasteiger partial charge in [-0.3, -0.25) is 14.9 Å². The van der Waals surface area contributed by atoms with E-state index in [1.807, 2.05) is 0 Å². The average molecular weight is 331 g/mol. The molecule has 0 spiro atoms. The minimum Gasteiger partial charge on any atom is -0.495 e. The number of carbonyl (C=O) groups excluding carboxylic acids is 1. The highest BCUT2D eigenvalue weighted by Gasteiger charge is 2.28. The van der Waals surface area contributed by atoms with E-state index in [2.05, 4.69) is 0 Å². The fourth-order valence-corrected chi connectivity index (χ4v) is 2.86. The molecule has 10 heteroatoms. The van der Waals surface area contributed by atoms with Crippen molar-refractivity contribution in [2.24, 2.45) is 0 Å². The van der Waals surface area contributed by atoms with E-state index in [9.17, 15) is 23.3 Å². The number of likely N-dealkylation sites (N-methyl/N-ethyl adjacent to an activating group) is 2. The molecular weight excluding hydrogens is 314 g/mol. The monoisotopic (exact) mass is 331 g/mol. The number of rotatable bonds is 6. The molecule has 0 radical (unpaired) electrons. The zero-order valence-electron chi connectivity index (χ0n) is 12.6. The van der Waals surface area contributed by atoms with Crippen molar-refractivity contribution in [3.05, 3.63) is 28.3 Å². The van der Waals surface area contributed by atoms with Crippen molar-refractivity contribution >= 4 is 21.6 Å². The maximum absolute atomic E-state index is 12.5. The number of hydrogen-bond acceptors (Lipinski definition) is 6. The van der Waals surface area contributed by atoms with Crippen molar-refractivity contribution in [2.75, 3.05) is 34.8 Å². The van der Waals surface area contributed by atoms with E-state index < -0.39 is 20.9 Å². The molecule has 0 aliphatic heterocycles. The number of carbonyl (C=O) groups is 1. The van der Waals surface area contributed by atoms with Crippen LogP contribution >= 0.6 is 0 Å². The van der Waals surface area contributed by atoms with Gasteiger partial charge < -0.3 is 9.64 Å². The molecule has 0 bridgehead atoms. The number of ether oxygens (including phenoxy) is 1. The lowest BCUT2D eigenvalue weighted by atomic mass is 10.3. The van der Waals surface area contributed by atoms with Crippen LogP contribution in [0, 0.1) is 10.1 Å². The van der Waals surface area contributed by atoms with Gasteiger partial charge in [-0.15, -0.1) is 0 Å². The van der Waals surface area contributed by atoms with E-state index in [0.29, 0.717) is 0 Å². The molecule has 0 unspecified atom stereocenters. The van der Waals surface area contributed by atoms with Crippen LogP contribution < -0.4 is 4.74 Å². The molecule has 0 N–H and O–H groups in total. The minimum atomic E-state index is -4.11. The number of hydrogen-bond donors (Lipinski definition) is 0. The van der Waals surface area contributed by atoms with Crippen LogP contribution in [0.4, 0.5) is 5.69 Å². The summed E-state index contributed by atoms with van der Waals surface area (Å²) in [6.07, 6.45) is 0. The Hall–Kier alpha value is -2.20. The molecular formula is C12H17N3O6S. The van der Waals surface area contributed by atoms with Gasteiger partial charge in [-0.05, 0) is 6.07 Å². The molecule has 0 aromatic heterocycles. The van der Waals surface area contributed by atoms with Gasteiger partial charge in [-0.25, -0.2) is 8.42 Å². The Balaban J connectivity index is 3.29. The third kappa shape index (κ3) is 3.71. The summed E-state index contributed by atoms with van der Waals surface area (Å²) >= 11 is 0. The minimum absolute atomic E-state index is 0.0326. The normalized spacial score (nSPS) is 11.3. The molecule has 0 fully saturated rings. The Morgan fingerprint density at radius 2 is 1.91 bits per heavy atom. The lowest BCUT2D eigenvalue weighted by molar-refractivity contribution is -0.385. The first kappa shape index (κ1) is 17.9. The van der Waals surface area contributed by atoms with Crippen molar-refractivity contribution in [1.29, 1.82) is 0 Å². The molecule has 0 aliphatic rings. The molecule has 1 amide bonds. The van der Waals surface area contributed by atoms with E-state index in [-0.39, 0.29) is 22.9 Å².